The number of hydrogen-bond acceptors (Lipinski definition) is 3. The van der Waals surface area contributed by atoms with E-state index >= 15 is 0 Å². The molecule has 2 aromatic carbocycles. The molecule has 0 bridgehead atoms. The molecule has 0 aliphatic rings. The summed E-state index contributed by atoms with van der Waals surface area (Å²) < 4.78 is 26.7. The van der Waals surface area contributed by atoms with E-state index in [-0.39, 0.29) is 17.0 Å². The summed E-state index contributed by atoms with van der Waals surface area (Å²) >= 11 is 0. The molecule has 0 amide bonds. The van der Waals surface area contributed by atoms with E-state index in [1.165, 1.54) is 22.5 Å². The second-order valence-corrected chi connectivity index (χ2v) is 6.70. The third-order valence-electron chi connectivity index (χ3n) is 3.28. The monoisotopic (exact) mass is 319 g/mol. The van der Waals surface area contributed by atoms with Crippen LogP contribution in [0.1, 0.15) is 22.8 Å². The van der Waals surface area contributed by atoms with Crippen molar-refractivity contribution in [3.63, 3.8) is 0 Å². The number of benzene rings is 2. The van der Waals surface area contributed by atoms with Crippen LogP contribution in [0.3, 0.4) is 0 Å². The summed E-state index contributed by atoms with van der Waals surface area (Å²) in [5.41, 5.74) is 1.35. The molecular weight excluding hydrogens is 302 g/mol. The molecule has 0 fully saturated rings. The SMILES string of the molecule is CCN(c1cccc(C(=O)O)c1)S(=O)(=O)c1ccc(C)cc1. The Labute approximate surface area is 129 Å². The molecule has 2 aromatic rings. The summed E-state index contributed by atoms with van der Waals surface area (Å²) in [6.07, 6.45) is 0. The number of rotatable bonds is 5. The van der Waals surface area contributed by atoms with Gasteiger partial charge in [0.05, 0.1) is 16.1 Å². The number of nitrogens with zero attached hydrogens (tertiary/aromatic N) is 1. The standard InChI is InChI=1S/C16H17NO4S/c1-3-17(14-6-4-5-13(11-14)16(18)19)22(20,21)15-9-7-12(2)8-10-15/h4-11H,3H2,1-2H3,(H,18,19). The van der Waals surface area contributed by atoms with Gasteiger partial charge in [-0.2, -0.15) is 0 Å². The second-order valence-electron chi connectivity index (χ2n) is 4.84. The first kappa shape index (κ1) is 16.0. The Morgan fingerprint density at radius 2 is 1.77 bits per heavy atom. The quantitative estimate of drug-likeness (QED) is 0.919. The van der Waals surface area contributed by atoms with E-state index in [0.717, 1.165) is 5.56 Å². The molecule has 5 nitrogen and oxygen atoms in total. The highest BCUT2D eigenvalue weighted by atomic mass is 32.2. The highest BCUT2D eigenvalue weighted by molar-refractivity contribution is 7.92. The Morgan fingerprint density at radius 1 is 1.14 bits per heavy atom. The predicted octanol–water partition coefficient (Wildman–Crippen LogP) is 2.91. The number of carboxylic acid groups (broad SMARTS) is 1. The van der Waals surface area contributed by atoms with Crippen LogP contribution in [0, 0.1) is 6.92 Å². The van der Waals surface area contributed by atoms with Crippen molar-refractivity contribution >= 4 is 21.7 Å². The first-order valence-corrected chi connectivity index (χ1v) is 8.23. The van der Waals surface area contributed by atoms with Gasteiger partial charge in [-0.05, 0) is 44.2 Å². The number of aryl methyl sites for hydroxylation is 1. The molecule has 0 saturated heterocycles. The Hall–Kier alpha value is -2.34. The fourth-order valence-electron chi connectivity index (χ4n) is 2.12. The van der Waals surface area contributed by atoms with E-state index in [0.29, 0.717) is 5.69 Å². The Bertz CT molecular complexity index is 782. The van der Waals surface area contributed by atoms with Crippen molar-refractivity contribution in [3.05, 3.63) is 59.7 Å². The number of sulfonamides is 1. The molecule has 22 heavy (non-hydrogen) atoms. The maximum atomic E-state index is 12.7. The molecule has 0 radical (unpaired) electrons. The Kier molecular flexibility index (Phi) is 4.51. The molecule has 0 saturated carbocycles. The van der Waals surface area contributed by atoms with Crippen molar-refractivity contribution in [2.24, 2.45) is 0 Å². The minimum Gasteiger partial charge on any atom is -0.478 e. The molecule has 1 N–H and O–H groups in total. The lowest BCUT2D eigenvalue weighted by Gasteiger charge is -2.23. The summed E-state index contributed by atoms with van der Waals surface area (Å²) in [7, 11) is -3.72. The zero-order chi connectivity index (χ0) is 16.3. The zero-order valence-electron chi connectivity index (χ0n) is 12.4. The third kappa shape index (κ3) is 3.12. The number of aromatic carboxylic acids is 1. The van der Waals surface area contributed by atoms with Gasteiger partial charge in [-0.3, -0.25) is 4.31 Å². The van der Waals surface area contributed by atoms with Crippen LogP contribution in [-0.2, 0) is 10.0 Å². The summed E-state index contributed by atoms with van der Waals surface area (Å²) in [6, 6.07) is 12.5. The normalized spacial score (nSPS) is 11.2. The topological polar surface area (TPSA) is 74.7 Å². The van der Waals surface area contributed by atoms with Gasteiger partial charge in [-0.25, -0.2) is 13.2 Å². The zero-order valence-corrected chi connectivity index (χ0v) is 13.2. The van der Waals surface area contributed by atoms with Gasteiger partial charge >= 0.3 is 5.97 Å². The van der Waals surface area contributed by atoms with Gasteiger partial charge in [0, 0.05) is 6.54 Å². The van der Waals surface area contributed by atoms with Gasteiger partial charge in [0.2, 0.25) is 0 Å². The van der Waals surface area contributed by atoms with E-state index in [4.69, 9.17) is 5.11 Å². The van der Waals surface area contributed by atoms with Gasteiger partial charge in [0.25, 0.3) is 10.0 Å². The Balaban J connectivity index is 2.49. The lowest BCUT2D eigenvalue weighted by atomic mass is 10.2. The first-order chi connectivity index (χ1) is 10.4. The fraction of sp³-hybridized carbons (Fsp3) is 0.188. The fourth-order valence-corrected chi connectivity index (χ4v) is 3.59. The maximum absolute atomic E-state index is 12.7. The highest BCUT2D eigenvalue weighted by Crippen LogP contribution is 2.24. The second kappa shape index (κ2) is 6.19. The largest absolute Gasteiger partial charge is 0.478 e. The highest BCUT2D eigenvalue weighted by Gasteiger charge is 2.24. The van der Waals surface area contributed by atoms with Crippen LogP contribution in [-0.4, -0.2) is 26.0 Å². The van der Waals surface area contributed by atoms with E-state index < -0.39 is 16.0 Å². The van der Waals surface area contributed by atoms with Crippen LogP contribution in [0.2, 0.25) is 0 Å². The predicted molar refractivity (Wildman–Crippen MR) is 84.8 cm³/mol. The van der Waals surface area contributed by atoms with Crippen LogP contribution < -0.4 is 4.31 Å². The van der Waals surface area contributed by atoms with Gasteiger partial charge < -0.3 is 5.11 Å². The number of hydrogen-bond donors (Lipinski definition) is 1. The average molecular weight is 319 g/mol. The van der Waals surface area contributed by atoms with Crippen LogP contribution in [0.4, 0.5) is 5.69 Å². The maximum Gasteiger partial charge on any atom is 0.335 e. The molecule has 0 unspecified atom stereocenters. The third-order valence-corrected chi connectivity index (χ3v) is 5.19. The molecule has 6 heteroatoms. The summed E-state index contributed by atoms with van der Waals surface area (Å²) in [5.74, 6) is -1.09. The molecule has 116 valence electrons. The molecule has 2 rings (SSSR count). The molecule has 0 spiro atoms. The summed E-state index contributed by atoms with van der Waals surface area (Å²) in [5, 5.41) is 9.05. The number of carbonyl (C=O) groups is 1. The van der Waals surface area contributed by atoms with Crippen LogP contribution in [0.15, 0.2) is 53.4 Å². The van der Waals surface area contributed by atoms with Crippen LogP contribution >= 0.6 is 0 Å². The van der Waals surface area contributed by atoms with Crippen molar-refractivity contribution in [2.75, 3.05) is 10.8 Å². The first-order valence-electron chi connectivity index (χ1n) is 6.79. The van der Waals surface area contributed by atoms with Gasteiger partial charge in [0.15, 0.2) is 0 Å². The number of carboxylic acids is 1. The van der Waals surface area contributed by atoms with Gasteiger partial charge in [-0.15, -0.1) is 0 Å². The van der Waals surface area contributed by atoms with E-state index in [2.05, 4.69) is 0 Å². The van der Waals surface area contributed by atoms with Crippen molar-refractivity contribution < 1.29 is 18.3 Å². The van der Waals surface area contributed by atoms with E-state index in [9.17, 15) is 13.2 Å². The van der Waals surface area contributed by atoms with Gasteiger partial charge in [0.1, 0.15) is 0 Å². The van der Waals surface area contributed by atoms with E-state index in [1.807, 2.05) is 6.92 Å². The average Bonchev–Trinajstić information content (AvgIpc) is 2.48. The lowest BCUT2D eigenvalue weighted by molar-refractivity contribution is 0.0697. The number of anilines is 1. The summed E-state index contributed by atoms with van der Waals surface area (Å²) in [6.45, 7) is 3.79. The molecular formula is C16H17NO4S. The molecule has 0 aliphatic carbocycles. The van der Waals surface area contributed by atoms with Crippen LogP contribution in [0.5, 0.6) is 0 Å². The molecule has 0 heterocycles. The smallest absolute Gasteiger partial charge is 0.335 e. The molecule has 0 aromatic heterocycles. The van der Waals surface area contributed by atoms with Crippen molar-refractivity contribution in [1.82, 2.24) is 0 Å². The minimum absolute atomic E-state index is 0.0510. The summed E-state index contributed by atoms with van der Waals surface area (Å²) in [4.78, 5) is 11.2. The van der Waals surface area contributed by atoms with Crippen LogP contribution in [0.25, 0.3) is 0 Å². The minimum atomic E-state index is -3.72. The van der Waals surface area contributed by atoms with E-state index in [1.54, 1.807) is 37.3 Å². The molecule has 0 atom stereocenters. The lowest BCUT2D eigenvalue weighted by Crippen LogP contribution is -2.30. The van der Waals surface area contributed by atoms with Crippen molar-refractivity contribution in [1.29, 1.82) is 0 Å². The van der Waals surface area contributed by atoms with Crippen molar-refractivity contribution in [3.8, 4) is 0 Å². The van der Waals surface area contributed by atoms with Crippen molar-refractivity contribution in [2.45, 2.75) is 18.7 Å². The molecule has 0 aliphatic heterocycles. The Morgan fingerprint density at radius 3 is 2.32 bits per heavy atom. The van der Waals surface area contributed by atoms with Gasteiger partial charge in [-0.1, -0.05) is 23.8 Å².